The van der Waals surface area contributed by atoms with Gasteiger partial charge in [-0.3, -0.25) is 4.79 Å². The molecule has 0 aromatic heterocycles. The molecule has 3 aromatic carbocycles. The van der Waals surface area contributed by atoms with Gasteiger partial charge in [-0.25, -0.2) is 0 Å². The van der Waals surface area contributed by atoms with E-state index in [1.54, 1.807) is 30.3 Å². The smallest absolute Gasteiger partial charge is 0.322 e. The summed E-state index contributed by atoms with van der Waals surface area (Å²) < 4.78 is 40.2. The molecule has 3 aromatic rings. The van der Waals surface area contributed by atoms with Gasteiger partial charge < -0.3 is 5.32 Å². The molecule has 0 atom stereocenters. The second kappa shape index (κ2) is 7.91. The largest absolute Gasteiger partial charge is 0.417 e. The van der Waals surface area contributed by atoms with Crippen LogP contribution in [0.25, 0.3) is 16.7 Å². The molecule has 5 heteroatoms. The third-order valence-corrected chi connectivity index (χ3v) is 3.94. The van der Waals surface area contributed by atoms with E-state index in [-0.39, 0.29) is 5.56 Å². The molecular formula is C22H16F3NO. The number of benzene rings is 3. The number of halogens is 3. The molecule has 136 valence electrons. The molecule has 2 nitrogen and oxygen atoms in total. The lowest BCUT2D eigenvalue weighted by Crippen LogP contribution is -2.16. The maximum atomic E-state index is 13.4. The number of alkyl halides is 3. The fourth-order valence-corrected chi connectivity index (χ4v) is 2.71. The number of carbonyl (C=O) groups excluding carboxylic acids is 1. The molecule has 27 heavy (non-hydrogen) atoms. The monoisotopic (exact) mass is 367 g/mol. The first-order valence-electron chi connectivity index (χ1n) is 8.25. The molecule has 0 saturated carbocycles. The Balaban J connectivity index is 1.92. The third kappa shape index (κ3) is 4.64. The maximum absolute atomic E-state index is 13.4. The Kier molecular flexibility index (Phi) is 5.41. The zero-order valence-corrected chi connectivity index (χ0v) is 14.2. The predicted octanol–water partition coefficient (Wildman–Crippen LogP) is 5.94. The van der Waals surface area contributed by atoms with Gasteiger partial charge in [-0.2, -0.15) is 13.2 Å². The lowest BCUT2D eigenvalue weighted by atomic mass is 10.0. The third-order valence-electron chi connectivity index (χ3n) is 3.94. The van der Waals surface area contributed by atoms with Gasteiger partial charge in [0.2, 0.25) is 5.91 Å². The lowest BCUT2D eigenvalue weighted by molar-refractivity contribution is -0.112. The Labute approximate surface area is 155 Å². The van der Waals surface area contributed by atoms with Crippen molar-refractivity contribution in [2.24, 2.45) is 0 Å². The average molecular weight is 367 g/mol. The van der Waals surface area contributed by atoms with Crippen molar-refractivity contribution in [1.82, 2.24) is 0 Å². The first-order chi connectivity index (χ1) is 12.9. The topological polar surface area (TPSA) is 29.1 Å². The van der Waals surface area contributed by atoms with Crippen LogP contribution in [0.1, 0.15) is 5.56 Å². The van der Waals surface area contributed by atoms with Crippen molar-refractivity contribution in [3.63, 3.8) is 0 Å². The molecule has 0 heterocycles. The summed E-state index contributed by atoms with van der Waals surface area (Å²) in [6.45, 7) is 0. The number of carbonyl (C=O) groups is 1. The van der Waals surface area contributed by atoms with Crippen LogP contribution in [0.2, 0.25) is 0 Å². The van der Waals surface area contributed by atoms with Gasteiger partial charge in [0, 0.05) is 17.3 Å². The summed E-state index contributed by atoms with van der Waals surface area (Å²) in [5.74, 6) is -0.838. The minimum absolute atomic E-state index is 0.0588. The van der Waals surface area contributed by atoms with Crippen LogP contribution in [0.4, 0.5) is 18.9 Å². The van der Waals surface area contributed by atoms with Crippen LogP contribution < -0.4 is 5.32 Å². The average Bonchev–Trinajstić information content (AvgIpc) is 2.67. The van der Waals surface area contributed by atoms with Crippen LogP contribution in [-0.2, 0) is 4.79 Å². The Hall–Kier alpha value is -3.34. The number of hydrogen-bond donors (Lipinski definition) is 1. The molecule has 0 radical (unpaired) electrons. The van der Waals surface area contributed by atoms with Gasteiger partial charge in [0.05, 0.1) is 5.57 Å². The molecule has 3 rings (SSSR count). The van der Waals surface area contributed by atoms with Gasteiger partial charge in [-0.05, 0) is 17.2 Å². The molecule has 1 amide bonds. The molecule has 1 N–H and O–H groups in total. The summed E-state index contributed by atoms with van der Waals surface area (Å²) in [4.78, 5) is 12.3. The normalized spacial score (nSPS) is 11.9. The van der Waals surface area contributed by atoms with Gasteiger partial charge in [0.25, 0.3) is 0 Å². The highest BCUT2D eigenvalue weighted by Gasteiger charge is 2.35. The molecule has 0 bridgehead atoms. The molecule has 0 saturated heterocycles. The van der Waals surface area contributed by atoms with Crippen LogP contribution in [0, 0.1) is 0 Å². The summed E-state index contributed by atoms with van der Waals surface area (Å²) in [6, 6.07) is 23.5. The Morgan fingerprint density at radius 1 is 0.778 bits per heavy atom. The van der Waals surface area contributed by atoms with Crippen molar-refractivity contribution in [2.75, 3.05) is 5.32 Å². The van der Waals surface area contributed by atoms with Gasteiger partial charge in [-0.1, -0.05) is 78.9 Å². The van der Waals surface area contributed by atoms with Crippen molar-refractivity contribution < 1.29 is 18.0 Å². The van der Waals surface area contributed by atoms with Crippen molar-refractivity contribution in [3.05, 3.63) is 96.6 Å². The second-order valence-electron chi connectivity index (χ2n) is 5.82. The van der Waals surface area contributed by atoms with E-state index in [0.29, 0.717) is 11.8 Å². The molecule has 0 spiro atoms. The summed E-state index contributed by atoms with van der Waals surface area (Å²) in [6.07, 6.45) is -4.05. The summed E-state index contributed by atoms with van der Waals surface area (Å²) in [7, 11) is 0. The van der Waals surface area contributed by atoms with Gasteiger partial charge in [0.1, 0.15) is 0 Å². The number of allylic oxidation sites excluding steroid dienone is 1. The standard InChI is InChI=1S/C22H16F3NO/c23-22(24,25)19(17-11-5-2-6-12-17)15-21(27)26-20-14-8-7-13-18(20)16-9-3-1-4-10-16/h1-15H,(H,26,27)/b19-15-. The first kappa shape index (κ1) is 18.5. The molecular weight excluding hydrogens is 351 g/mol. The second-order valence-corrected chi connectivity index (χ2v) is 5.82. The molecule has 0 fully saturated rings. The zero-order valence-electron chi connectivity index (χ0n) is 14.2. The quantitative estimate of drug-likeness (QED) is 0.568. The minimum atomic E-state index is -4.64. The van der Waals surface area contributed by atoms with E-state index >= 15 is 0 Å². The summed E-state index contributed by atoms with van der Waals surface area (Å²) in [5.41, 5.74) is 0.985. The number of amides is 1. The number of hydrogen-bond acceptors (Lipinski definition) is 1. The SMILES string of the molecule is O=C(/C=C(/c1ccccc1)C(F)(F)F)Nc1ccccc1-c1ccccc1. The lowest BCUT2D eigenvalue weighted by Gasteiger charge is -2.13. The highest BCUT2D eigenvalue weighted by molar-refractivity contribution is 6.06. The molecule has 0 unspecified atom stereocenters. The van der Waals surface area contributed by atoms with Gasteiger partial charge in [0.15, 0.2) is 0 Å². The van der Waals surface area contributed by atoms with Crippen molar-refractivity contribution in [2.45, 2.75) is 6.18 Å². The zero-order chi connectivity index (χ0) is 19.3. The predicted molar refractivity (Wildman–Crippen MR) is 101 cm³/mol. The Morgan fingerprint density at radius 3 is 1.96 bits per heavy atom. The maximum Gasteiger partial charge on any atom is 0.417 e. The number of anilines is 1. The van der Waals surface area contributed by atoms with E-state index in [1.165, 1.54) is 24.3 Å². The van der Waals surface area contributed by atoms with Gasteiger partial charge in [-0.15, -0.1) is 0 Å². The van der Waals surface area contributed by atoms with Crippen molar-refractivity contribution >= 4 is 17.2 Å². The fourth-order valence-electron chi connectivity index (χ4n) is 2.71. The Bertz CT molecular complexity index is 948. The molecule has 0 aliphatic rings. The highest BCUT2D eigenvalue weighted by Crippen LogP contribution is 2.34. The van der Waals surface area contributed by atoms with Crippen molar-refractivity contribution in [1.29, 1.82) is 0 Å². The summed E-state index contributed by atoms with van der Waals surface area (Å²) in [5, 5.41) is 2.57. The van der Waals surface area contributed by atoms with Crippen LogP contribution in [0.15, 0.2) is 91.0 Å². The fraction of sp³-hybridized carbons (Fsp3) is 0.0455. The minimum Gasteiger partial charge on any atom is -0.322 e. The number of rotatable bonds is 4. The van der Waals surface area contributed by atoms with E-state index in [2.05, 4.69) is 5.32 Å². The van der Waals surface area contributed by atoms with E-state index in [0.717, 1.165) is 11.1 Å². The first-order valence-corrected chi connectivity index (χ1v) is 8.25. The van der Waals surface area contributed by atoms with Gasteiger partial charge >= 0.3 is 6.18 Å². The number of para-hydroxylation sites is 1. The Morgan fingerprint density at radius 2 is 1.33 bits per heavy atom. The summed E-state index contributed by atoms with van der Waals surface area (Å²) >= 11 is 0. The van der Waals surface area contributed by atoms with Crippen molar-refractivity contribution in [3.8, 4) is 11.1 Å². The van der Waals surface area contributed by atoms with E-state index < -0.39 is 17.7 Å². The molecule has 0 aliphatic heterocycles. The van der Waals surface area contributed by atoms with Crippen LogP contribution >= 0.6 is 0 Å². The highest BCUT2D eigenvalue weighted by atomic mass is 19.4. The van der Waals surface area contributed by atoms with Crippen LogP contribution in [0.3, 0.4) is 0 Å². The van der Waals surface area contributed by atoms with E-state index in [4.69, 9.17) is 0 Å². The van der Waals surface area contributed by atoms with E-state index in [9.17, 15) is 18.0 Å². The van der Waals surface area contributed by atoms with Crippen LogP contribution in [0.5, 0.6) is 0 Å². The van der Waals surface area contributed by atoms with E-state index in [1.807, 2.05) is 30.3 Å². The van der Waals surface area contributed by atoms with Crippen LogP contribution in [-0.4, -0.2) is 12.1 Å². The molecule has 0 aliphatic carbocycles. The number of nitrogens with one attached hydrogen (secondary N) is 1.